The molecule has 0 atom stereocenters. The quantitative estimate of drug-likeness (QED) is 0.111. The van der Waals surface area contributed by atoms with Crippen LogP contribution in [0.25, 0.3) is 32.7 Å². The van der Waals surface area contributed by atoms with Crippen LogP contribution in [0.2, 0.25) is 0 Å². The van der Waals surface area contributed by atoms with Gasteiger partial charge in [-0.25, -0.2) is 19.7 Å². The molecule has 0 spiro atoms. The number of hydrogen-bond acceptors (Lipinski definition) is 12. The molecule has 0 unspecified atom stereocenters. The summed E-state index contributed by atoms with van der Waals surface area (Å²) >= 11 is 0. The normalized spacial score (nSPS) is 10.9. The standard InChI is InChI=1S/C34H26N6O9/c1-46-26-14-22(32(41)39-21-12-6-9-18-28(48-3)16-24(34(43)49-4)37-30(18)21)35-29-17(26)8-5-11-20(29)38-33(42)23-15-27(47-2)19-10-7-13-25(40(44)45)31(19)36-23/h5-16H,1-4H3,(H,38,42)(H,39,41). The Hall–Kier alpha value is -6.90. The Balaban J connectivity index is 1.39. The summed E-state index contributed by atoms with van der Waals surface area (Å²) in [4.78, 5) is 63.9. The van der Waals surface area contributed by atoms with E-state index < -0.39 is 22.7 Å². The summed E-state index contributed by atoms with van der Waals surface area (Å²) in [7, 11) is 5.48. The van der Waals surface area contributed by atoms with Gasteiger partial charge < -0.3 is 29.6 Å². The third-order valence-electron chi connectivity index (χ3n) is 7.60. The van der Waals surface area contributed by atoms with Crippen molar-refractivity contribution in [1.29, 1.82) is 0 Å². The van der Waals surface area contributed by atoms with Gasteiger partial charge in [0, 0.05) is 40.4 Å². The number of ether oxygens (including phenoxy) is 4. The van der Waals surface area contributed by atoms with Gasteiger partial charge in [-0.2, -0.15) is 0 Å². The van der Waals surface area contributed by atoms with Crippen LogP contribution < -0.4 is 24.8 Å². The molecular weight excluding hydrogens is 636 g/mol. The van der Waals surface area contributed by atoms with Crippen LogP contribution in [0.3, 0.4) is 0 Å². The topological polar surface area (TPSA) is 194 Å². The molecule has 0 fully saturated rings. The molecule has 0 aliphatic heterocycles. The summed E-state index contributed by atoms with van der Waals surface area (Å²) in [6, 6.07) is 18.6. The largest absolute Gasteiger partial charge is 0.496 e. The molecule has 0 radical (unpaired) electrons. The van der Waals surface area contributed by atoms with Gasteiger partial charge in [0.15, 0.2) is 11.2 Å². The smallest absolute Gasteiger partial charge is 0.356 e. The number of nitrogens with one attached hydrogen (secondary N) is 2. The third-order valence-corrected chi connectivity index (χ3v) is 7.60. The molecule has 0 bridgehead atoms. The third kappa shape index (κ3) is 5.91. The number of amides is 2. The fraction of sp³-hybridized carbons (Fsp3) is 0.118. The minimum absolute atomic E-state index is 0.0204. The van der Waals surface area contributed by atoms with Gasteiger partial charge in [-0.05, 0) is 30.3 Å². The number of nitrogens with zero attached hydrogens (tertiary/aromatic N) is 4. The van der Waals surface area contributed by atoms with E-state index in [2.05, 4.69) is 25.6 Å². The first-order chi connectivity index (χ1) is 23.7. The van der Waals surface area contributed by atoms with Gasteiger partial charge >= 0.3 is 5.97 Å². The highest BCUT2D eigenvalue weighted by atomic mass is 16.6. The van der Waals surface area contributed by atoms with Crippen molar-refractivity contribution < 1.29 is 38.3 Å². The van der Waals surface area contributed by atoms with Crippen LogP contribution in [0.5, 0.6) is 17.2 Å². The number of anilines is 2. The lowest BCUT2D eigenvalue weighted by atomic mass is 10.1. The zero-order valence-corrected chi connectivity index (χ0v) is 26.4. The fourth-order valence-electron chi connectivity index (χ4n) is 5.31. The van der Waals surface area contributed by atoms with Crippen LogP contribution in [-0.2, 0) is 4.74 Å². The van der Waals surface area contributed by atoms with Crippen LogP contribution in [0.15, 0.2) is 72.8 Å². The summed E-state index contributed by atoms with van der Waals surface area (Å²) in [6.45, 7) is 0. The van der Waals surface area contributed by atoms with Crippen molar-refractivity contribution in [2.45, 2.75) is 0 Å². The molecule has 2 amide bonds. The predicted molar refractivity (Wildman–Crippen MR) is 179 cm³/mol. The number of carbonyl (C=O) groups excluding carboxylic acids is 3. The first-order valence-corrected chi connectivity index (χ1v) is 14.5. The molecule has 3 aromatic heterocycles. The number of rotatable bonds is 9. The molecule has 6 aromatic rings. The number of non-ortho nitro benzene ring substituents is 1. The number of methoxy groups -OCH3 is 4. The van der Waals surface area contributed by atoms with Crippen LogP contribution in [0.1, 0.15) is 31.5 Å². The molecule has 0 aliphatic carbocycles. The average Bonchev–Trinajstić information content (AvgIpc) is 3.12. The van der Waals surface area contributed by atoms with Crippen LogP contribution in [0, 0.1) is 10.1 Å². The van der Waals surface area contributed by atoms with E-state index in [9.17, 15) is 24.5 Å². The van der Waals surface area contributed by atoms with E-state index in [1.807, 2.05) is 0 Å². The van der Waals surface area contributed by atoms with Crippen molar-refractivity contribution in [3.05, 3.63) is 100.0 Å². The van der Waals surface area contributed by atoms with Crippen LogP contribution in [0.4, 0.5) is 17.1 Å². The van der Waals surface area contributed by atoms with E-state index in [0.717, 1.165) is 0 Å². The minimum Gasteiger partial charge on any atom is -0.496 e. The SMILES string of the molecule is COC(=O)c1cc(OC)c2cccc(NC(=O)c3cc(OC)c4cccc(NC(=O)c5cc(OC)c6cccc([N+](=O)[O-])c6n5)c4n3)c2n1. The summed E-state index contributed by atoms with van der Waals surface area (Å²) in [5, 5.41) is 18.6. The second kappa shape index (κ2) is 13.1. The number of aromatic nitrogens is 3. The van der Waals surface area contributed by atoms with Gasteiger partial charge in [-0.15, -0.1) is 0 Å². The molecule has 0 aliphatic rings. The maximum atomic E-state index is 13.7. The van der Waals surface area contributed by atoms with Crippen molar-refractivity contribution in [1.82, 2.24) is 15.0 Å². The maximum absolute atomic E-state index is 13.7. The molecular formula is C34H26N6O9. The highest BCUT2D eigenvalue weighted by Gasteiger charge is 2.22. The Kier molecular flexibility index (Phi) is 8.55. The van der Waals surface area contributed by atoms with Crippen molar-refractivity contribution in [3.63, 3.8) is 0 Å². The molecule has 15 nitrogen and oxygen atoms in total. The number of benzene rings is 3. The van der Waals surface area contributed by atoms with E-state index >= 15 is 0 Å². The second-order valence-electron chi connectivity index (χ2n) is 10.4. The number of fused-ring (bicyclic) bond motifs is 3. The summed E-state index contributed by atoms with van der Waals surface area (Å²) in [5.41, 5.74) is 0.402. The molecule has 2 N–H and O–H groups in total. The van der Waals surface area contributed by atoms with Crippen molar-refractivity contribution in [2.75, 3.05) is 39.1 Å². The molecule has 0 saturated heterocycles. The first kappa shape index (κ1) is 32.1. The summed E-state index contributed by atoms with van der Waals surface area (Å²) < 4.78 is 21.3. The number of pyridine rings is 3. The van der Waals surface area contributed by atoms with Crippen molar-refractivity contribution >= 4 is 67.6 Å². The fourth-order valence-corrected chi connectivity index (χ4v) is 5.31. The van der Waals surface area contributed by atoms with Gasteiger partial charge in [-0.3, -0.25) is 19.7 Å². The van der Waals surface area contributed by atoms with Crippen molar-refractivity contribution in [3.8, 4) is 17.2 Å². The molecule has 246 valence electrons. The molecule has 15 heteroatoms. The van der Waals surface area contributed by atoms with Gasteiger partial charge in [0.1, 0.15) is 28.6 Å². The number of nitro benzene ring substituents is 1. The number of nitro groups is 1. The maximum Gasteiger partial charge on any atom is 0.356 e. The highest BCUT2D eigenvalue weighted by Crippen LogP contribution is 2.34. The number of para-hydroxylation sites is 3. The molecule has 0 saturated carbocycles. The predicted octanol–water partition coefficient (Wildman–Crippen LogP) is 5.56. The van der Waals surface area contributed by atoms with E-state index in [1.165, 1.54) is 58.8 Å². The lowest BCUT2D eigenvalue weighted by molar-refractivity contribution is -0.383. The zero-order chi connectivity index (χ0) is 34.8. The number of carbonyl (C=O) groups is 3. The zero-order valence-electron chi connectivity index (χ0n) is 26.4. The molecule has 3 heterocycles. The van der Waals surface area contributed by atoms with Gasteiger partial charge in [0.25, 0.3) is 17.5 Å². The number of hydrogen-bond donors (Lipinski definition) is 2. The van der Waals surface area contributed by atoms with Gasteiger partial charge in [-0.1, -0.05) is 18.2 Å². The van der Waals surface area contributed by atoms with Crippen molar-refractivity contribution in [2.24, 2.45) is 0 Å². The Morgan fingerprint density at radius 2 is 1.02 bits per heavy atom. The van der Waals surface area contributed by atoms with E-state index in [-0.39, 0.29) is 62.2 Å². The number of esters is 1. The monoisotopic (exact) mass is 662 g/mol. The average molecular weight is 663 g/mol. The Morgan fingerprint density at radius 3 is 1.47 bits per heavy atom. The van der Waals surface area contributed by atoms with Crippen LogP contribution in [-0.4, -0.2) is 66.1 Å². The summed E-state index contributed by atoms with van der Waals surface area (Å²) in [5.74, 6) is -1.19. The minimum atomic E-state index is -0.710. The van der Waals surface area contributed by atoms with E-state index in [1.54, 1.807) is 42.5 Å². The Labute approximate surface area is 276 Å². The molecule has 49 heavy (non-hydrogen) atoms. The Morgan fingerprint density at radius 1 is 0.612 bits per heavy atom. The van der Waals surface area contributed by atoms with Crippen LogP contribution >= 0.6 is 0 Å². The molecule has 6 rings (SSSR count). The first-order valence-electron chi connectivity index (χ1n) is 14.5. The summed E-state index contributed by atoms with van der Waals surface area (Å²) in [6.07, 6.45) is 0. The Bertz CT molecular complexity index is 2340. The second-order valence-corrected chi connectivity index (χ2v) is 10.4. The highest BCUT2D eigenvalue weighted by molar-refractivity contribution is 6.13. The lowest BCUT2D eigenvalue weighted by Crippen LogP contribution is -2.17. The van der Waals surface area contributed by atoms with Gasteiger partial charge in [0.2, 0.25) is 0 Å². The van der Waals surface area contributed by atoms with E-state index in [4.69, 9.17) is 18.9 Å². The van der Waals surface area contributed by atoms with Gasteiger partial charge in [0.05, 0.1) is 55.8 Å². The lowest BCUT2D eigenvalue weighted by Gasteiger charge is -2.14. The van der Waals surface area contributed by atoms with E-state index in [0.29, 0.717) is 21.9 Å². The molecule has 3 aromatic carbocycles.